The van der Waals surface area contributed by atoms with E-state index in [0.29, 0.717) is 6.04 Å². The fourth-order valence-electron chi connectivity index (χ4n) is 1.04. The first kappa shape index (κ1) is 5.65. The summed E-state index contributed by atoms with van der Waals surface area (Å²) in [6.45, 7) is 4.56. The van der Waals surface area contributed by atoms with E-state index in [1.165, 1.54) is 0 Å². The maximum Gasteiger partial charge on any atom is 0.109 e. The minimum Gasteiger partial charge on any atom is -0.378 e. The van der Waals surface area contributed by atoms with Gasteiger partial charge in [0.05, 0.1) is 19.3 Å². The zero-order valence-corrected chi connectivity index (χ0v) is 5.25. The SMILES string of the molecule is [CH]1CCN(C2COC2)O1. The van der Waals surface area contributed by atoms with Crippen LogP contribution < -0.4 is 0 Å². The first-order valence-corrected chi connectivity index (χ1v) is 3.29. The summed E-state index contributed by atoms with van der Waals surface area (Å²) in [4.78, 5) is 5.19. The predicted molar refractivity (Wildman–Crippen MR) is 31.3 cm³/mol. The monoisotopic (exact) mass is 128 g/mol. The van der Waals surface area contributed by atoms with Crippen LogP contribution in [0.25, 0.3) is 0 Å². The summed E-state index contributed by atoms with van der Waals surface area (Å²) >= 11 is 0. The number of rotatable bonds is 1. The summed E-state index contributed by atoms with van der Waals surface area (Å²) < 4.78 is 5.01. The molecule has 0 unspecified atom stereocenters. The van der Waals surface area contributed by atoms with Crippen LogP contribution in [0.2, 0.25) is 0 Å². The second kappa shape index (κ2) is 2.25. The Bertz CT molecular complexity index is 97.2. The summed E-state index contributed by atoms with van der Waals surface area (Å²) in [7, 11) is 0. The van der Waals surface area contributed by atoms with Gasteiger partial charge in [0.2, 0.25) is 0 Å². The van der Waals surface area contributed by atoms with Crippen molar-refractivity contribution in [3.8, 4) is 0 Å². The molecule has 0 aliphatic carbocycles. The lowest BCUT2D eigenvalue weighted by atomic mass is 10.2. The molecule has 2 fully saturated rings. The zero-order valence-electron chi connectivity index (χ0n) is 5.25. The molecule has 2 aliphatic rings. The van der Waals surface area contributed by atoms with Gasteiger partial charge < -0.3 is 4.74 Å². The molecular formula is C6H10NO2. The van der Waals surface area contributed by atoms with Crippen molar-refractivity contribution in [2.24, 2.45) is 0 Å². The average Bonchev–Trinajstić information content (AvgIpc) is 2.11. The van der Waals surface area contributed by atoms with Crippen LogP contribution in [0, 0.1) is 6.61 Å². The van der Waals surface area contributed by atoms with Gasteiger partial charge in [-0.15, -0.1) is 0 Å². The van der Waals surface area contributed by atoms with Crippen LogP contribution in [0.1, 0.15) is 6.42 Å². The Labute approximate surface area is 54.5 Å². The number of nitrogens with zero attached hydrogens (tertiary/aromatic N) is 1. The predicted octanol–water partition coefficient (Wildman–Crippen LogP) is 0.184. The largest absolute Gasteiger partial charge is 0.378 e. The van der Waals surface area contributed by atoms with E-state index < -0.39 is 0 Å². The Morgan fingerprint density at radius 3 is 2.78 bits per heavy atom. The molecule has 0 atom stereocenters. The summed E-state index contributed by atoms with van der Waals surface area (Å²) in [6.07, 6.45) is 1.05. The molecule has 9 heavy (non-hydrogen) atoms. The van der Waals surface area contributed by atoms with Crippen molar-refractivity contribution in [3.05, 3.63) is 6.61 Å². The van der Waals surface area contributed by atoms with Crippen LogP contribution >= 0.6 is 0 Å². The third kappa shape index (κ3) is 0.956. The van der Waals surface area contributed by atoms with Gasteiger partial charge in [0.1, 0.15) is 6.61 Å². The normalized spacial score (nSPS) is 30.7. The standard InChI is InChI=1S/C6H10NO2/c1-2-7(9-3-1)6-4-8-5-6/h3,6H,1-2,4-5H2. The van der Waals surface area contributed by atoms with Gasteiger partial charge in [0.15, 0.2) is 0 Å². The Morgan fingerprint density at radius 2 is 2.33 bits per heavy atom. The molecule has 3 heteroatoms. The highest BCUT2D eigenvalue weighted by atomic mass is 16.7. The Hall–Kier alpha value is -0.120. The molecule has 0 amide bonds. The summed E-state index contributed by atoms with van der Waals surface area (Å²) in [5.74, 6) is 0. The van der Waals surface area contributed by atoms with Crippen LogP contribution in [0.15, 0.2) is 0 Å². The van der Waals surface area contributed by atoms with E-state index in [-0.39, 0.29) is 0 Å². The number of hydroxylamine groups is 2. The molecular weight excluding hydrogens is 118 g/mol. The Balaban J connectivity index is 1.82. The van der Waals surface area contributed by atoms with E-state index in [1.807, 2.05) is 11.7 Å². The van der Waals surface area contributed by atoms with Crippen molar-refractivity contribution in [3.63, 3.8) is 0 Å². The molecule has 0 saturated carbocycles. The molecule has 3 nitrogen and oxygen atoms in total. The second-order valence-electron chi connectivity index (χ2n) is 2.39. The number of ether oxygens (including phenoxy) is 1. The van der Waals surface area contributed by atoms with Gasteiger partial charge in [-0.25, -0.2) is 0 Å². The molecule has 0 spiro atoms. The van der Waals surface area contributed by atoms with Gasteiger partial charge in [-0.05, 0) is 6.42 Å². The average molecular weight is 128 g/mol. The summed E-state index contributed by atoms with van der Waals surface area (Å²) in [6, 6.07) is 0.531. The van der Waals surface area contributed by atoms with Crippen molar-refractivity contribution in [1.29, 1.82) is 0 Å². The molecule has 0 aromatic heterocycles. The van der Waals surface area contributed by atoms with Crippen LogP contribution in [0.5, 0.6) is 0 Å². The van der Waals surface area contributed by atoms with E-state index in [4.69, 9.17) is 9.57 Å². The van der Waals surface area contributed by atoms with Crippen LogP contribution in [-0.2, 0) is 9.57 Å². The molecule has 51 valence electrons. The Kier molecular flexibility index (Phi) is 1.41. The zero-order chi connectivity index (χ0) is 6.10. The Morgan fingerprint density at radius 1 is 1.44 bits per heavy atom. The molecule has 0 N–H and O–H groups in total. The topological polar surface area (TPSA) is 21.7 Å². The van der Waals surface area contributed by atoms with Gasteiger partial charge in [-0.2, -0.15) is 5.06 Å². The second-order valence-corrected chi connectivity index (χ2v) is 2.39. The molecule has 2 aliphatic heterocycles. The van der Waals surface area contributed by atoms with Crippen molar-refractivity contribution in [2.75, 3.05) is 19.8 Å². The van der Waals surface area contributed by atoms with Crippen LogP contribution in [0.3, 0.4) is 0 Å². The molecule has 2 heterocycles. The van der Waals surface area contributed by atoms with Gasteiger partial charge >= 0.3 is 0 Å². The third-order valence-corrected chi connectivity index (χ3v) is 1.71. The van der Waals surface area contributed by atoms with Crippen molar-refractivity contribution < 1.29 is 9.57 Å². The first-order chi connectivity index (χ1) is 4.47. The van der Waals surface area contributed by atoms with E-state index in [2.05, 4.69) is 0 Å². The minimum absolute atomic E-state index is 0.531. The van der Waals surface area contributed by atoms with Crippen molar-refractivity contribution in [1.82, 2.24) is 5.06 Å². The molecule has 2 saturated heterocycles. The smallest absolute Gasteiger partial charge is 0.109 e. The van der Waals surface area contributed by atoms with Crippen molar-refractivity contribution in [2.45, 2.75) is 12.5 Å². The van der Waals surface area contributed by atoms with Gasteiger partial charge in [-0.3, -0.25) is 4.84 Å². The summed E-state index contributed by atoms with van der Waals surface area (Å²) in [5.41, 5.74) is 0. The van der Waals surface area contributed by atoms with Crippen LogP contribution in [0.4, 0.5) is 0 Å². The van der Waals surface area contributed by atoms with Gasteiger partial charge in [-0.1, -0.05) is 0 Å². The van der Waals surface area contributed by atoms with Gasteiger partial charge in [0, 0.05) is 6.54 Å². The summed E-state index contributed by atoms with van der Waals surface area (Å²) in [5, 5.41) is 1.99. The van der Waals surface area contributed by atoms with Crippen LogP contribution in [-0.4, -0.2) is 30.9 Å². The fourth-order valence-corrected chi connectivity index (χ4v) is 1.04. The third-order valence-electron chi connectivity index (χ3n) is 1.71. The maximum absolute atomic E-state index is 5.19. The highest BCUT2D eigenvalue weighted by Crippen LogP contribution is 2.17. The number of hydrogen-bond acceptors (Lipinski definition) is 3. The molecule has 2 rings (SSSR count). The van der Waals surface area contributed by atoms with E-state index in [9.17, 15) is 0 Å². The number of hydrogen-bond donors (Lipinski definition) is 0. The van der Waals surface area contributed by atoms with Crippen molar-refractivity contribution >= 4 is 0 Å². The lowest BCUT2D eigenvalue weighted by Crippen LogP contribution is -2.46. The molecule has 0 aromatic rings. The highest BCUT2D eigenvalue weighted by molar-refractivity contribution is 4.76. The van der Waals surface area contributed by atoms with E-state index >= 15 is 0 Å². The lowest BCUT2D eigenvalue weighted by Gasteiger charge is -2.32. The molecule has 0 aromatic carbocycles. The maximum atomic E-state index is 5.19. The molecule has 1 radical (unpaired) electrons. The fraction of sp³-hybridized carbons (Fsp3) is 0.833. The quantitative estimate of drug-likeness (QED) is 0.503. The van der Waals surface area contributed by atoms with Gasteiger partial charge in [0.25, 0.3) is 0 Å². The van der Waals surface area contributed by atoms with E-state index in [0.717, 1.165) is 26.2 Å². The first-order valence-electron chi connectivity index (χ1n) is 3.29. The highest BCUT2D eigenvalue weighted by Gasteiger charge is 2.29. The molecule has 0 bridgehead atoms. The lowest BCUT2D eigenvalue weighted by molar-refractivity contribution is -0.192. The minimum atomic E-state index is 0.531. The van der Waals surface area contributed by atoms with E-state index in [1.54, 1.807) is 0 Å².